The zero-order chi connectivity index (χ0) is 51.0. The van der Waals surface area contributed by atoms with Crippen LogP contribution in [0.4, 0.5) is 0 Å². The third-order valence-corrected chi connectivity index (χ3v) is 18.0. The third kappa shape index (κ3) is 9.53. The van der Waals surface area contributed by atoms with Crippen molar-refractivity contribution >= 4 is 11.8 Å². The van der Waals surface area contributed by atoms with E-state index in [1.807, 2.05) is 6.08 Å². The molecule has 0 radical (unpaired) electrons. The highest BCUT2D eigenvalue weighted by molar-refractivity contribution is 5.88. The number of Topliss-reactive ketones (excluding diaryl/α,β-unsaturated/α-hetero) is 1. The molecule has 4 saturated heterocycles. The average Bonchev–Trinajstić information content (AvgIpc) is 3.52. The lowest BCUT2D eigenvalue weighted by Crippen LogP contribution is -2.75. The summed E-state index contributed by atoms with van der Waals surface area (Å²) in [6.07, 6.45) is -9.14. The maximum atomic E-state index is 13.3. The van der Waals surface area contributed by atoms with Crippen molar-refractivity contribution in [2.24, 2.45) is 22.7 Å². The van der Waals surface area contributed by atoms with Gasteiger partial charge in [0.2, 0.25) is 0 Å². The first-order chi connectivity index (χ1) is 32.9. The molecule has 7 fully saturated rings. The summed E-state index contributed by atoms with van der Waals surface area (Å²) < 4.78 is 61.1. The first kappa shape index (κ1) is 54.2. The van der Waals surface area contributed by atoms with Crippen molar-refractivity contribution < 1.29 is 92.7 Å². The Labute approximate surface area is 411 Å². The van der Waals surface area contributed by atoms with E-state index < -0.39 is 150 Å². The van der Waals surface area contributed by atoms with Crippen LogP contribution in [0.5, 0.6) is 0 Å². The average molecular weight is 997 g/mol. The topological polar surface area (TPSA) is 268 Å². The summed E-state index contributed by atoms with van der Waals surface area (Å²) in [5.41, 5.74) is -4.41. The summed E-state index contributed by atoms with van der Waals surface area (Å²) in [4.78, 5) is 26.5. The van der Waals surface area contributed by atoms with Crippen molar-refractivity contribution in [2.45, 2.75) is 254 Å². The lowest BCUT2D eigenvalue weighted by molar-refractivity contribution is -0.344. The van der Waals surface area contributed by atoms with Gasteiger partial charge < -0.3 is 83.1 Å². The number of aliphatic hydroxyl groups is 7. The number of hydrogen-bond acceptors (Lipinski definition) is 19. The van der Waals surface area contributed by atoms with Crippen LogP contribution in [0.3, 0.4) is 0 Å². The molecule has 25 atom stereocenters. The molecule has 70 heavy (non-hydrogen) atoms. The standard InChI is InChI=1S/C51H80O19/c1-11-23(2)47(58)67-37-21-36-48(8)14-13-30(16-29(48)12-15-50(36,59)51(60)22-34(56)42(24(3)52)49(37,51)9)66-38-17-31(53)44(26(5)63-38)68-39-18-32(54)45(27(6)64-39)69-40-19-33(55)46(28(7)65-40)70-41-20-35(61-10)43(57)25(4)62-41/h11-12,25-28,30-46,53-57,59-60H,13-22H2,1-10H3/b23-11+/t25-,26-,27-,28-,30+,31+,32+,33+,34-,35-,36-,37-,38+,39+,40+,41+,42+,43-,44-,45-,46-,48+,49-,50+,51-/m1/s1. The summed E-state index contributed by atoms with van der Waals surface area (Å²) >= 11 is 0. The molecule has 0 aromatic carbocycles. The van der Waals surface area contributed by atoms with Gasteiger partial charge in [0, 0.05) is 56.1 Å². The van der Waals surface area contributed by atoms with E-state index in [4.69, 9.17) is 47.4 Å². The summed E-state index contributed by atoms with van der Waals surface area (Å²) in [6.45, 7) is 15.5. The number of ketones is 1. The molecular formula is C51H80O19. The number of aliphatic hydroxyl groups excluding tert-OH is 5. The van der Waals surface area contributed by atoms with Gasteiger partial charge in [0.15, 0.2) is 25.2 Å². The molecule has 0 aromatic rings. The quantitative estimate of drug-likeness (QED) is 0.0841. The Bertz CT molecular complexity index is 1910. The van der Waals surface area contributed by atoms with Crippen LogP contribution in [0.15, 0.2) is 23.3 Å². The summed E-state index contributed by atoms with van der Waals surface area (Å²) in [7, 11) is 1.51. The Hall–Kier alpha value is -2.02. The van der Waals surface area contributed by atoms with Gasteiger partial charge in [0.05, 0.1) is 67.0 Å². The second kappa shape index (κ2) is 20.6. The van der Waals surface area contributed by atoms with E-state index in [9.17, 15) is 45.3 Å². The van der Waals surface area contributed by atoms with E-state index in [1.165, 1.54) is 14.0 Å². The van der Waals surface area contributed by atoms with E-state index in [0.717, 1.165) is 5.57 Å². The maximum Gasteiger partial charge on any atom is 0.333 e. The van der Waals surface area contributed by atoms with Crippen LogP contribution in [0, 0.1) is 22.7 Å². The van der Waals surface area contributed by atoms with Crippen molar-refractivity contribution in [1.82, 2.24) is 0 Å². The first-order valence-corrected chi connectivity index (χ1v) is 25.5. The smallest absolute Gasteiger partial charge is 0.333 e. The van der Waals surface area contributed by atoms with Crippen molar-refractivity contribution in [3.63, 3.8) is 0 Å². The molecule has 0 aromatic heterocycles. The number of methoxy groups -OCH3 is 1. The van der Waals surface area contributed by atoms with E-state index in [2.05, 4.69) is 6.92 Å². The van der Waals surface area contributed by atoms with Crippen molar-refractivity contribution in [2.75, 3.05) is 7.11 Å². The van der Waals surface area contributed by atoms with Crippen LogP contribution < -0.4 is 0 Å². The number of allylic oxidation sites excluding steroid dienone is 1. The second-order valence-corrected chi connectivity index (χ2v) is 22.2. The van der Waals surface area contributed by atoms with E-state index in [0.29, 0.717) is 24.8 Å². The Morgan fingerprint density at radius 3 is 1.70 bits per heavy atom. The molecule has 0 spiro atoms. The monoisotopic (exact) mass is 997 g/mol. The summed E-state index contributed by atoms with van der Waals surface area (Å²) in [5, 5.41) is 81.2. The summed E-state index contributed by atoms with van der Waals surface area (Å²) in [5.74, 6) is -2.57. The molecule has 398 valence electrons. The van der Waals surface area contributed by atoms with E-state index >= 15 is 0 Å². The van der Waals surface area contributed by atoms with Crippen LogP contribution >= 0.6 is 0 Å². The van der Waals surface area contributed by atoms with Crippen LogP contribution in [-0.4, -0.2) is 183 Å². The third-order valence-electron chi connectivity index (χ3n) is 18.0. The molecule has 0 bridgehead atoms. The molecule has 4 heterocycles. The van der Waals surface area contributed by atoms with Crippen LogP contribution in [0.1, 0.15) is 127 Å². The molecule has 8 rings (SSSR count). The van der Waals surface area contributed by atoms with Gasteiger partial charge in [-0.05, 0) is 86.0 Å². The Morgan fingerprint density at radius 1 is 0.714 bits per heavy atom. The van der Waals surface area contributed by atoms with Gasteiger partial charge in [-0.3, -0.25) is 4.79 Å². The number of esters is 1. The van der Waals surface area contributed by atoms with Crippen molar-refractivity contribution in [3.05, 3.63) is 23.3 Å². The predicted octanol–water partition coefficient (Wildman–Crippen LogP) is 2.38. The molecule has 0 unspecified atom stereocenters. The highest BCUT2D eigenvalue weighted by Crippen LogP contribution is 2.70. The maximum absolute atomic E-state index is 13.3. The highest BCUT2D eigenvalue weighted by Gasteiger charge is 2.79. The molecule has 8 aliphatic rings. The SMILES string of the molecule is C/C=C(\C)C(=O)O[C@@H]1C[C@@H]2[C@@]3(C)CC[C@H](O[C@H]4C[C@H](O)[C@H](O[C@H]5C[C@H](O)[C@H](O[C@H]6C[C@H](O)[C@H](O[C@H]7C[C@@H](OC)[C@H](O)[C@@H](C)O7)[C@@H](C)O6)[C@@H](C)O5)[C@@H](C)O4)CC3=CC[C@@]2(O)[C@@]2(O)C[C@@H](O)[C@H](C(C)=O)[C@@]12C. The zero-order valence-corrected chi connectivity index (χ0v) is 42.4. The Balaban J connectivity index is 0.846. The van der Waals surface area contributed by atoms with Crippen molar-refractivity contribution in [3.8, 4) is 0 Å². The number of carbonyl (C=O) groups is 2. The molecule has 19 heteroatoms. The Kier molecular flexibility index (Phi) is 16.0. The number of rotatable bonds is 12. The van der Waals surface area contributed by atoms with Crippen LogP contribution in [0.2, 0.25) is 0 Å². The van der Waals surface area contributed by atoms with Crippen LogP contribution in [0.25, 0.3) is 0 Å². The number of ether oxygens (including phenoxy) is 10. The molecule has 3 saturated carbocycles. The number of carbonyl (C=O) groups excluding carboxylic acids is 2. The predicted molar refractivity (Wildman–Crippen MR) is 245 cm³/mol. The van der Waals surface area contributed by atoms with Gasteiger partial charge in [-0.25, -0.2) is 4.79 Å². The molecule has 19 nitrogen and oxygen atoms in total. The first-order valence-electron chi connectivity index (χ1n) is 25.5. The minimum atomic E-state index is -1.96. The fourth-order valence-electron chi connectivity index (χ4n) is 13.9. The fourth-order valence-corrected chi connectivity index (χ4v) is 13.9. The number of fused-ring (bicyclic) bond motifs is 5. The van der Waals surface area contributed by atoms with Gasteiger partial charge >= 0.3 is 5.97 Å². The van der Waals surface area contributed by atoms with Gasteiger partial charge in [-0.15, -0.1) is 0 Å². The van der Waals surface area contributed by atoms with Gasteiger partial charge in [0.25, 0.3) is 0 Å². The summed E-state index contributed by atoms with van der Waals surface area (Å²) in [6, 6.07) is 0. The van der Waals surface area contributed by atoms with E-state index in [-0.39, 0.29) is 56.8 Å². The normalized spacial score (nSPS) is 51.9. The van der Waals surface area contributed by atoms with Gasteiger partial charge in [0.1, 0.15) is 47.5 Å². The molecule has 4 aliphatic heterocycles. The van der Waals surface area contributed by atoms with Gasteiger partial charge in [-0.1, -0.05) is 31.6 Å². The zero-order valence-electron chi connectivity index (χ0n) is 42.4. The molecular weight excluding hydrogens is 917 g/mol. The Morgan fingerprint density at radius 2 is 1.21 bits per heavy atom. The molecule has 4 aliphatic carbocycles. The minimum Gasteiger partial charge on any atom is -0.458 e. The second-order valence-electron chi connectivity index (χ2n) is 22.2. The van der Waals surface area contributed by atoms with Crippen LogP contribution in [-0.2, 0) is 57.0 Å². The molecule has 7 N–H and O–H groups in total. The van der Waals surface area contributed by atoms with Crippen molar-refractivity contribution in [1.29, 1.82) is 0 Å². The molecule has 0 amide bonds. The lowest BCUT2D eigenvalue weighted by atomic mass is 9.43. The largest absolute Gasteiger partial charge is 0.458 e. The lowest BCUT2D eigenvalue weighted by Gasteiger charge is -2.66. The number of hydrogen-bond donors (Lipinski definition) is 7. The van der Waals surface area contributed by atoms with E-state index in [1.54, 1.807) is 54.5 Å². The minimum absolute atomic E-state index is 0.0321. The highest BCUT2D eigenvalue weighted by atomic mass is 16.8. The fraction of sp³-hybridized carbons (Fsp3) is 0.882. The van der Waals surface area contributed by atoms with Gasteiger partial charge in [-0.2, -0.15) is 0 Å².